The summed E-state index contributed by atoms with van der Waals surface area (Å²) in [4.78, 5) is 32.5. The topological polar surface area (TPSA) is 95.5 Å². The summed E-state index contributed by atoms with van der Waals surface area (Å²) in [6.45, 7) is 2.13. The summed E-state index contributed by atoms with van der Waals surface area (Å²) in [5, 5.41) is 13.0. The van der Waals surface area contributed by atoms with Crippen molar-refractivity contribution in [3.8, 4) is 12.3 Å². The van der Waals surface area contributed by atoms with E-state index in [-0.39, 0.29) is 31.1 Å². The van der Waals surface area contributed by atoms with E-state index in [0.717, 1.165) is 25.9 Å². The number of alkyl halides is 3. The molecule has 0 spiro atoms. The number of halogens is 3. The van der Waals surface area contributed by atoms with Gasteiger partial charge in [-0.3, -0.25) is 9.59 Å². The lowest BCUT2D eigenvalue weighted by Crippen LogP contribution is -2.23. The molecule has 1 aliphatic rings. The number of hydrogen-bond donors (Lipinski definition) is 3. The van der Waals surface area contributed by atoms with Gasteiger partial charge in [-0.1, -0.05) is 18.1 Å². The van der Waals surface area contributed by atoms with Gasteiger partial charge in [-0.05, 0) is 43.1 Å². The van der Waals surface area contributed by atoms with E-state index in [4.69, 9.17) is 16.3 Å². The second kappa shape index (κ2) is 11.1. The Morgan fingerprint density at radius 3 is 2.32 bits per heavy atom. The molecular formula is C19H21F3N2O4. The van der Waals surface area contributed by atoms with Crippen LogP contribution in [0.4, 0.5) is 13.2 Å². The third-order valence-electron chi connectivity index (χ3n) is 3.88. The Bertz CT molecular complexity index is 755. The number of carbonyl (C=O) groups is 3. The van der Waals surface area contributed by atoms with Crippen molar-refractivity contribution in [3.05, 3.63) is 34.9 Å². The number of rotatable bonds is 5. The van der Waals surface area contributed by atoms with Gasteiger partial charge in [0, 0.05) is 18.4 Å². The summed E-state index contributed by atoms with van der Waals surface area (Å²) in [5.41, 5.74) is 3.24. The number of terminal acetylenes is 1. The van der Waals surface area contributed by atoms with Crippen LogP contribution in [0.1, 0.15) is 34.3 Å². The number of hydrogen-bond acceptors (Lipinski definition) is 4. The second-order valence-electron chi connectivity index (χ2n) is 5.94. The summed E-state index contributed by atoms with van der Waals surface area (Å²) in [7, 11) is 0. The summed E-state index contributed by atoms with van der Waals surface area (Å²) in [6, 6.07) is 5.88. The van der Waals surface area contributed by atoms with Crippen molar-refractivity contribution in [2.75, 3.05) is 19.6 Å². The number of aliphatic carboxylic acids is 1. The van der Waals surface area contributed by atoms with E-state index in [1.54, 1.807) is 0 Å². The van der Waals surface area contributed by atoms with E-state index in [2.05, 4.69) is 16.6 Å². The van der Waals surface area contributed by atoms with Gasteiger partial charge in [0.25, 0.3) is 0 Å². The van der Waals surface area contributed by atoms with Gasteiger partial charge in [0.15, 0.2) is 5.78 Å². The Morgan fingerprint density at radius 1 is 1.14 bits per heavy atom. The molecule has 0 fully saturated rings. The molecule has 28 heavy (non-hydrogen) atoms. The van der Waals surface area contributed by atoms with Gasteiger partial charge in [0.2, 0.25) is 5.91 Å². The number of nitrogens with one attached hydrogen (secondary N) is 2. The van der Waals surface area contributed by atoms with Crippen molar-refractivity contribution < 1.29 is 32.7 Å². The number of carbonyl (C=O) groups excluding carboxylic acids is 2. The molecule has 0 aliphatic carbocycles. The fourth-order valence-corrected chi connectivity index (χ4v) is 2.46. The highest BCUT2D eigenvalue weighted by Gasteiger charge is 2.38. The van der Waals surface area contributed by atoms with Gasteiger partial charge in [0.05, 0.1) is 6.54 Å². The van der Waals surface area contributed by atoms with Crippen LogP contribution in [0.25, 0.3) is 0 Å². The van der Waals surface area contributed by atoms with Crippen LogP contribution in [0.15, 0.2) is 18.2 Å². The monoisotopic (exact) mass is 398 g/mol. The molecule has 1 heterocycles. The highest BCUT2D eigenvalue weighted by atomic mass is 19.4. The third kappa shape index (κ3) is 8.22. The van der Waals surface area contributed by atoms with Crippen molar-refractivity contribution in [1.82, 2.24) is 10.6 Å². The number of carboxylic acids is 1. The van der Waals surface area contributed by atoms with Crippen LogP contribution < -0.4 is 10.6 Å². The van der Waals surface area contributed by atoms with Crippen molar-refractivity contribution in [1.29, 1.82) is 0 Å². The van der Waals surface area contributed by atoms with E-state index >= 15 is 0 Å². The van der Waals surface area contributed by atoms with Crippen LogP contribution >= 0.6 is 0 Å². The average Bonchev–Trinajstić information content (AvgIpc) is 2.88. The molecular weight excluding hydrogens is 377 g/mol. The Hall–Kier alpha value is -2.86. The minimum atomic E-state index is -5.08. The molecule has 0 saturated carbocycles. The predicted molar refractivity (Wildman–Crippen MR) is 95.8 cm³/mol. The van der Waals surface area contributed by atoms with E-state index in [1.807, 2.05) is 18.2 Å². The van der Waals surface area contributed by atoms with Crippen molar-refractivity contribution in [2.24, 2.45) is 0 Å². The fourth-order valence-electron chi connectivity index (χ4n) is 2.46. The first-order valence-corrected chi connectivity index (χ1v) is 8.51. The van der Waals surface area contributed by atoms with E-state index in [1.165, 1.54) is 11.1 Å². The molecule has 152 valence electrons. The molecule has 0 saturated heterocycles. The molecule has 6 nitrogen and oxygen atoms in total. The number of amides is 1. The summed E-state index contributed by atoms with van der Waals surface area (Å²) < 4.78 is 31.7. The molecule has 1 aromatic carbocycles. The van der Waals surface area contributed by atoms with Crippen LogP contribution in [0.5, 0.6) is 0 Å². The number of carboxylic acid groups (broad SMARTS) is 1. The third-order valence-corrected chi connectivity index (χ3v) is 3.88. The second-order valence-corrected chi connectivity index (χ2v) is 5.94. The highest BCUT2D eigenvalue weighted by molar-refractivity contribution is 5.98. The Kier molecular flexibility index (Phi) is 9.18. The average molecular weight is 398 g/mol. The Balaban J connectivity index is 0.000000480. The normalized spacial score (nSPS) is 13.1. The highest BCUT2D eigenvalue weighted by Crippen LogP contribution is 2.17. The SMILES string of the molecule is C#CCNC(=O)CCC(=O)c1ccc2c(c1)CCNCC2.O=C(O)C(F)(F)F. The maximum absolute atomic E-state index is 12.2. The largest absolute Gasteiger partial charge is 0.490 e. The quantitative estimate of drug-likeness (QED) is 0.519. The molecule has 0 atom stereocenters. The zero-order chi connectivity index (χ0) is 21.2. The molecule has 1 amide bonds. The standard InChI is InChI=1S/C17H20N2O2.C2HF3O2/c1-2-9-19-17(21)6-5-16(20)15-4-3-13-7-10-18-11-8-14(13)12-15;3-2(4,5)1(6)7/h1,3-4,12,18H,5-11H2,(H,19,21);(H,6,7). The zero-order valence-electron chi connectivity index (χ0n) is 15.1. The smallest absolute Gasteiger partial charge is 0.475 e. The van der Waals surface area contributed by atoms with Crippen LogP contribution in [0.3, 0.4) is 0 Å². The summed E-state index contributed by atoms with van der Waals surface area (Å²) in [6.07, 6.45) is 2.32. The molecule has 0 aromatic heterocycles. The van der Waals surface area contributed by atoms with Gasteiger partial charge in [-0.25, -0.2) is 4.79 Å². The maximum atomic E-state index is 12.2. The van der Waals surface area contributed by atoms with Gasteiger partial charge in [0.1, 0.15) is 0 Å². The molecule has 1 aliphatic heterocycles. The number of ketones is 1. The minimum Gasteiger partial charge on any atom is -0.475 e. The maximum Gasteiger partial charge on any atom is 0.490 e. The molecule has 0 radical (unpaired) electrons. The number of fused-ring (bicyclic) bond motifs is 1. The molecule has 1 aromatic rings. The van der Waals surface area contributed by atoms with Crippen LogP contribution in [0.2, 0.25) is 0 Å². The molecule has 0 bridgehead atoms. The zero-order valence-corrected chi connectivity index (χ0v) is 15.1. The predicted octanol–water partition coefficient (Wildman–Crippen LogP) is 1.72. The van der Waals surface area contributed by atoms with Gasteiger partial charge in [-0.15, -0.1) is 6.42 Å². The number of benzene rings is 1. The van der Waals surface area contributed by atoms with Crippen molar-refractivity contribution in [2.45, 2.75) is 31.9 Å². The summed E-state index contributed by atoms with van der Waals surface area (Å²) in [5.74, 6) is -0.597. The van der Waals surface area contributed by atoms with E-state index < -0.39 is 12.1 Å². The van der Waals surface area contributed by atoms with E-state index in [9.17, 15) is 22.8 Å². The minimum absolute atomic E-state index is 0.00543. The molecule has 0 unspecified atom stereocenters. The van der Waals surface area contributed by atoms with Crippen molar-refractivity contribution in [3.63, 3.8) is 0 Å². The first kappa shape index (κ1) is 23.2. The lowest BCUT2D eigenvalue weighted by Gasteiger charge is -2.08. The fraction of sp³-hybridized carbons (Fsp3) is 0.421. The number of Topliss-reactive ketones (excluding diaryl/α,β-unsaturated/α-hetero) is 1. The summed E-state index contributed by atoms with van der Waals surface area (Å²) >= 11 is 0. The molecule has 2 rings (SSSR count). The Morgan fingerprint density at radius 2 is 1.75 bits per heavy atom. The van der Waals surface area contributed by atoms with Crippen molar-refractivity contribution >= 4 is 17.7 Å². The lowest BCUT2D eigenvalue weighted by atomic mass is 9.97. The molecule has 3 N–H and O–H groups in total. The van der Waals surface area contributed by atoms with Crippen LogP contribution in [-0.2, 0) is 22.4 Å². The first-order chi connectivity index (χ1) is 13.1. The van der Waals surface area contributed by atoms with Gasteiger partial charge < -0.3 is 15.7 Å². The van der Waals surface area contributed by atoms with E-state index in [0.29, 0.717) is 5.56 Å². The first-order valence-electron chi connectivity index (χ1n) is 8.51. The van der Waals surface area contributed by atoms with Gasteiger partial charge >= 0.3 is 12.1 Å². The lowest BCUT2D eigenvalue weighted by molar-refractivity contribution is -0.192. The van der Waals surface area contributed by atoms with Gasteiger partial charge in [-0.2, -0.15) is 13.2 Å². The van der Waals surface area contributed by atoms with Crippen LogP contribution in [0, 0.1) is 12.3 Å². The van der Waals surface area contributed by atoms with Crippen LogP contribution in [-0.4, -0.2) is 48.6 Å². The molecule has 9 heteroatoms. The Labute approximate surface area is 160 Å².